The standard InChI is InChI=1S/C27H48/c1-6-8-19(3)23-12-13-25-22-14-16-26(4)18-20(9-7-2)10-11-24(26)21(22)15-17-27(23,25)5/h19-25H,6-18H2,1-5H3. The lowest BCUT2D eigenvalue weighted by Gasteiger charge is -2.60. The van der Waals surface area contributed by atoms with Crippen LogP contribution in [-0.4, -0.2) is 0 Å². The van der Waals surface area contributed by atoms with Gasteiger partial charge in [-0.1, -0.05) is 66.7 Å². The van der Waals surface area contributed by atoms with E-state index in [1.54, 1.807) is 57.8 Å². The maximum Gasteiger partial charge on any atom is -0.0264 e. The topological polar surface area (TPSA) is 0 Å². The van der Waals surface area contributed by atoms with Gasteiger partial charge in [-0.05, 0) is 104 Å². The van der Waals surface area contributed by atoms with E-state index < -0.39 is 0 Å². The Morgan fingerprint density at radius 2 is 1.52 bits per heavy atom. The van der Waals surface area contributed by atoms with E-state index in [1.807, 2.05) is 0 Å². The van der Waals surface area contributed by atoms with E-state index in [4.69, 9.17) is 0 Å². The maximum atomic E-state index is 2.74. The predicted molar refractivity (Wildman–Crippen MR) is 118 cm³/mol. The molecule has 9 atom stereocenters. The first-order chi connectivity index (χ1) is 12.9. The fourth-order valence-corrected chi connectivity index (χ4v) is 9.71. The molecule has 4 rings (SSSR count). The van der Waals surface area contributed by atoms with Gasteiger partial charge in [0, 0.05) is 0 Å². The summed E-state index contributed by atoms with van der Waals surface area (Å²) in [6.07, 6.45) is 19.8. The molecule has 0 aliphatic heterocycles. The molecule has 4 aliphatic carbocycles. The van der Waals surface area contributed by atoms with Crippen molar-refractivity contribution in [2.45, 2.75) is 118 Å². The fourth-order valence-electron chi connectivity index (χ4n) is 9.71. The zero-order valence-corrected chi connectivity index (χ0v) is 19.2. The number of hydrogen-bond donors (Lipinski definition) is 0. The Balaban J connectivity index is 1.50. The summed E-state index contributed by atoms with van der Waals surface area (Å²) in [5, 5.41) is 0. The van der Waals surface area contributed by atoms with Crippen LogP contribution in [0.3, 0.4) is 0 Å². The van der Waals surface area contributed by atoms with Crippen LogP contribution in [0.2, 0.25) is 0 Å². The van der Waals surface area contributed by atoms with Crippen LogP contribution in [0, 0.1) is 52.3 Å². The second-order valence-corrected chi connectivity index (χ2v) is 12.2. The van der Waals surface area contributed by atoms with Gasteiger partial charge in [0.2, 0.25) is 0 Å². The summed E-state index contributed by atoms with van der Waals surface area (Å²) in [7, 11) is 0. The van der Waals surface area contributed by atoms with Crippen LogP contribution in [0.15, 0.2) is 0 Å². The molecule has 0 aromatic carbocycles. The summed E-state index contributed by atoms with van der Waals surface area (Å²) in [5.74, 6) is 7.34. The number of hydrogen-bond acceptors (Lipinski definition) is 0. The summed E-state index contributed by atoms with van der Waals surface area (Å²) < 4.78 is 0. The smallest absolute Gasteiger partial charge is 0.0264 e. The van der Waals surface area contributed by atoms with E-state index >= 15 is 0 Å². The molecule has 0 aromatic rings. The molecule has 9 unspecified atom stereocenters. The normalized spacial score (nSPS) is 50.6. The van der Waals surface area contributed by atoms with Crippen LogP contribution in [0.25, 0.3) is 0 Å². The van der Waals surface area contributed by atoms with Crippen LogP contribution in [0.1, 0.15) is 118 Å². The van der Waals surface area contributed by atoms with Crippen molar-refractivity contribution < 1.29 is 0 Å². The molecule has 0 bridgehead atoms. The van der Waals surface area contributed by atoms with Gasteiger partial charge in [-0.25, -0.2) is 0 Å². The Morgan fingerprint density at radius 1 is 0.815 bits per heavy atom. The van der Waals surface area contributed by atoms with Gasteiger partial charge in [0.15, 0.2) is 0 Å². The molecule has 156 valence electrons. The van der Waals surface area contributed by atoms with Gasteiger partial charge in [0.05, 0.1) is 0 Å². The van der Waals surface area contributed by atoms with Crippen molar-refractivity contribution in [2.75, 3.05) is 0 Å². The summed E-state index contributed by atoms with van der Waals surface area (Å²) in [4.78, 5) is 0. The fraction of sp³-hybridized carbons (Fsp3) is 1.00. The highest BCUT2D eigenvalue weighted by Gasteiger charge is 2.59. The van der Waals surface area contributed by atoms with E-state index in [-0.39, 0.29) is 0 Å². The molecule has 4 saturated carbocycles. The summed E-state index contributed by atoms with van der Waals surface area (Å²) >= 11 is 0. The van der Waals surface area contributed by atoms with Crippen molar-refractivity contribution in [1.82, 2.24) is 0 Å². The first-order valence-electron chi connectivity index (χ1n) is 12.9. The van der Waals surface area contributed by atoms with Crippen molar-refractivity contribution in [3.8, 4) is 0 Å². The Hall–Kier alpha value is 0. The minimum atomic E-state index is 0.683. The summed E-state index contributed by atoms with van der Waals surface area (Å²) in [6, 6.07) is 0. The highest BCUT2D eigenvalue weighted by Crippen LogP contribution is 2.67. The minimum absolute atomic E-state index is 0.683. The van der Waals surface area contributed by atoms with E-state index in [2.05, 4.69) is 34.6 Å². The van der Waals surface area contributed by atoms with Gasteiger partial charge in [0.25, 0.3) is 0 Å². The van der Waals surface area contributed by atoms with Gasteiger partial charge in [-0.15, -0.1) is 0 Å². The molecule has 0 N–H and O–H groups in total. The molecule has 0 aromatic heterocycles. The summed E-state index contributed by atoms with van der Waals surface area (Å²) in [6.45, 7) is 12.8. The SMILES string of the molecule is CCCC1CCC2C3CCC4(C)C(C(C)CCC)CCC4C3CCC2(C)C1. The first-order valence-corrected chi connectivity index (χ1v) is 12.9. The average Bonchev–Trinajstić information content (AvgIpc) is 2.98. The van der Waals surface area contributed by atoms with Crippen LogP contribution < -0.4 is 0 Å². The van der Waals surface area contributed by atoms with Crippen molar-refractivity contribution in [1.29, 1.82) is 0 Å². The van der Waals surface area contributed by atoms with E-state index in [9.17, 15) is 0 Å². The van der Waals surface area contributed by atoms with Gasteiger partial charge < -0.3 is 0 Å². The van der Waals surface area contributed by atoms with Crippen molar-refractivity contribution in [3.05, 3.63) is 0 Å². The van der Waals surface area contributed by atoms with Gasteiger partial charge in [0.1, 0.15) is 0 Å². The van der Waals surface area contributed by atoms with Crippen molar-refractivity contribution >= 4 is 0 Å². The zero-order chi connectivity index (χ0) is 19.2. The van der Waals surface area contributed by atoms with E-state index in [0.29, 0.717) is 10.8 Å². The third kappa shape index (κ3) is 3.34. The second kappa shape index (κ2) is 7.68. The van der Waals surface area contributed by atoms with Crippen molar-refractivity contribution in [2.24, 2.45) is 52.3 Å². The third-order valence-electron chi connectivity index (χ3n) is 10.8. The van der Waals surface area contributed by atoms with Gasteiger partial charge >= 0.3 is 0 Å². The second-order valence-electron chi connectivity index (χ2n) is 12.2. The van der Waals surface area contributed by atoms with Gasteiger partial charge in [-0.3, -0.25) is 0 Å². The molecule has 0 spiro atoms. The lowest BCUT2D eigenvalue weighted by Crippen LogP contribution is -2.52. The van der Waals surface area contributed by atoms with Crippen LogP contribution in [-0.2, 0) is 0 Å². The molecule has 4 aliphatic rings. The zero-order valence-electron chi connectivity index (χ0n) is 19.2. The molecule has 27 heavy (non-hydrogen) atoms. The maximum absolute atomic E-state index is 2.74. The number of rotatable bonds is 5. The van der Waals surface area contributed by atoms with Crippen molar-refractivity contribution in [3.63, 3.8) is 0 Å². The lowest BCUT2D eigenvalue weighted by molar-refractivity contribution is -0.108. The average molecular weight is 373 g/mol. The molecule has 4 fully saturated rings. The molecule has 0 nitrogen and oxygen atoms in total. The van der Waals surface area contributed by atoms with Crippen LogP contribution in [0.5, 0.6) is 0 Å². The van der Waals surface area contributed by atoms with E-state index in [0.717, 1.165) is 41.4 Å². The van der Waals surface area contributed by atoms with Gasteiger partial charge in [-0.2, -0.15) is 0 Å². The highest BCUT2D eigenvalue weighted by atomic mass is 14.6. The highest BCUT2D eigenvalue weighted by molar-refractivity contribution is 5.08. The largest absolute Gasteiger partial charge is 0.0654 e. The molecule has 0 heterocycles. The first kappa shape index (κ1) is 20.3. The summed E-state index contributed by atoms with van der Waals surface area (Å²) in [5.41, 5.74) is 1.38. The molecular formula is C27H48. The molecule has 0 heteroatoms. The minimum Gasteiger partial charge on any atom is -0.0654 e. The quantitative estimate of drug-likeness (QED) is 0.453. The molecular weight excluding hydrogens is 324 g/mol. The Kier molecular flexibility index (Phi) is 5.77. The predicted octanol–water partition coefficient (Wildman–Crippen LogP) is 8.50. The monoisotopic (exact) mass is 372 g/mol. The van der Waals surface area contributed by atoms with Crippen LogP contribution >= 0.6 is 0 Å². The number of fused-ring (bicyclic) bond motifs is 5. The third-order valence-corrected chi connectivity index (χ3v) is 10.8. The lowest BCUT2D eigenvalue weighted by atomic mass is 9.45. The Labute approximate surface area is 170 Å². The Morgan fingerprint density at radius 3 is 2.26 bits per heavy atom. The van der Waals surface area contributed by atoms with Crippen LogP contribution in [0.4, 0.5) is 0 Å². The molecule has 0 radical (unpaired) electrons. The van der Waals surface area contributed by atoms with E-state index in [1.165, 1.54) is 25.7 Å². The Bertz CT molecular complexity index is 508. The molecule has 0 amide bonds. The molecule has 0 saturated heterocycles.